The van der Waals surface area contributed by atoms with Crippen LogP contribution in [0, 0.1) is 6.92 Å². The fourth-order valence-electron chi connectivity index (χ4n) is 2.41. The Morgan fingerprint density at radius 3 is 2.21 bits per heavy atom. The third-order valence-electron chi connectivity index (χ3n) is 3.70. The van der Waals surface area contributed by atoms with Crippen molar-refractivity contribution in [1.82, 2.24) is 10.6 Å². The summed E-state index contributed by atoms with van der Waals surface area (Å²) in [6.07, 6.45) is 0. The van der Waals surface area contributed by atoms with Crippen molar-refractivity contribution in [3.05, 3.63) is 34.9 Å². The van der Waals surface area contributed by atoms with Gasteiger partial charge in [-0.2, -0.15) is 0 Å². The van der Waals surface area contributed by atoms with Crippen molar-refractivity contribution in [2.75, 3.05) is 20.3 Å². The molecule has 0 atom stereocenters. The number of rotatable bonds is 5. The van der Waals surface area contributed by atoms with Crippen molar-refractivity contribution in [3.63, 3.8) is 0 Å². The Morgan fingerprint density at radius 1 is 1.05 bits per heavy atom. The van der Waals surface area contributed by atoms with E-state index < -0.39 is 0 Å². The number of hydrogen-bond donors (Lipinski definition) is 2. The Bertz CT molecular complexity index is 414. The lowest BCUT2D eigenvalue weighted by atomic mass is 9.77. The van der Waals surface area contributed by atoms with Crippen LogP contribution in [0.3, 0.4) is 0 Å². The fraction of sp³-hybridized carbons (Fsp3) is 0.647. The van der Waals surface area contributed by atoms with Crippen molar-refractivity contribution >= 4 is 0 Å². The third-order valence-corrected chi connectivity index (χ3v) is 3.70. The summed E-state index contributed by atoms with van der Waals surface area (Å²) in [5.74, 6) is 0. The van der Waals surface area contributed by atoms with E-state index in [1.807, 2.05) is 7.05 Å². The molecule has 0 saturated heterocycles. The molecule has 0 aromatic heterocycles. The molecule has 0 amide bonds. The fourth-order valence-corrected chi connectivity index (χ4v) is 2.41. The Balaban J connectivity index is 3.04. The van der Waals surface area contributed by atoms with Gasteiger partial charge < -0.3 is 10.6 Å². The molecule has 0 fully saturated rings. The van der Waals surface area contributed by atoms with Gasteiger partial charge in [-0.15, -0.1) is 0 Å². The Morgan fingerprint density at radius 2 is 1.68 bits per heavy atom. The van der Waals surface area contributed by atoms with Crippen molar-refractivity contribution in [1.29, 1.82) is 0 Å². The molecule has 0 spiro atoms. The van der Waals surface area contributed by atoms with Gasteiger partial charge in [-0.3, -0.25) is 0 Å². The van der Waals surface area contributed by atoms with Gasteiger partial charge >= 0.3 is 0 Å². The summed E-state index contributed by atoms with van der Waals surface area (Å²) in [5, 5.41) is 6.58. The highest BCUT2D eigenvalue weighted by Crippen LogP contribution is 2.31. The minimum Gasteiger partial charge on any atom is -0.308 e. The molecule has 0 unspecified atom stereocenters. The lowest BCUT2D eigenvalue weighted by Gasteiger charge is -2.30. The van der Waals surface area contributed by atoms with Gasteiger partial charge in [-0.05, 0) is 36.1 Å². The largest absolute Gasteiger partial charge is 0.308 e. The van der Waals surface area contributed by atoms with Crippen LogP contribution in [0.5, 0.6) is 0 Å². The van der Waals surface area contributed by atoms with Crippen molar-refractivity contribution < 1.29 is 0 Å². The molecule has 0 aliphatic heterocycles. The second kappa shape index (κ2) is 6.06. The van der Waals surface area contributed by atoms with E-state index in [1.165, 1.54) is 16.7 Å². The second-order valence-electron chi connectivity index (χ2n) is 7.12. The van der Waals surface area contributed by atoms with Crippen molar-refractivity contribution in [2.45, 2.75) is 52.4 Å². The van der Waals surface area contributed by atoms with E-state index in [0.29, 0.717) is 0 Å². The van der Waals surface area contributed by atoms with Crippen LogP contribution >= 0.6 is 0 Å². The van der Waals surface area contributed by atoms with Gasteiger partial charge in [0.15, 0.2) is 0 Å². The Hall–Kier alpha value is -0.860. The van der Waals surface area contributed by atoms with E-state index in [-0.39, 0.29) is 10.8 Å². The maximum Gasteiger partial charge on any atom is 0.0452 e. The average Bonchev–Trinajstić information content (AvgIpc) is 2.27. The lowest BCUT2D eigenvalue weighted by molar-refractivity contribution is 0.457. The first-order valence-corrected chi connectivity index (χ1v) is 7.15. The Labute approximate surface area is 119 Å². The molecule has 1 aromatic carbocycles. The summed E-state index contributed by atoms with van der Waals surface area (Å²) in [7, 11) is 1.96. The highest BCUT2D eigenvalue weighted by molar-refractivity contribution is 5.39. The monoisotopic (exact) mass is 262 g/mol. The predicted molar refractivity (Wildman–Crippen MR) is 84.8 cm³/mol. The molecular weight excluding hydrogens is 232 g/mol. The molecule has 1 aromatic rings. The van der Waals surface area contributed by atoms with Crippen LogP contribution in [0.4, 0.5) is 0 Å². The normalized spacial score (nSPS) is 12.8. The van der Waals surface area contributed by atoms with Gasteiger partial charge in [0.1, 0.15) is 0 Å². The minimum absolute atomic E-state index is 0.141. The van der Waals surface area contributed by atoms with Gasteiger partial charge in [-0.25, -0.2) is 0 Å². The van der Waals surface area contributed by atoms with Crippen LogP contribution in [0.25, 0.3) is 0 Å². The smallest absolute Gasteiger partial charge is 0.0452 e. The topological polar surface area (TPSA) is 24.1 Å². The summed E-state index contributed by atoms with van der Waals surface area (Å²) >= 11 is 0. The summed E-state index contributed by atoms with van der Waals surface area (Å²) < 4.78 is 0. The summed E-state index contributed by atoms with van der Waals surface area (Å²) in [4.78, 5) is 0. The molecule has 0 heterocycles. The zero-order chi connectivity index (χ0) is 14.7. The van der Waals surface area contributed by atoms with Gasteiger partial charge in [-0.1, -0.05) is 52.8 Å². The molecule has 2 heteroatoms. The highest BCUT2D eigenvalue weighted by Gasteiger charge is 2.24. The summed E-state index contributed by atoms with van der Waals surface area (Å²) in [6, 6.07) is 6.90. The molecule has 0 bridgehead atoms. The van der Waals surface area contributed by atoms with Crippen molar-refractivity contribution in [3.8, 4) is 0 Å². The maximum absolute atomic E-state index is 3.45. The van der Waals surface area contributed by atoms with E-state index in [2.05, 4.69) is 70.4 Å². The zero-order valence-corrected chi connectivity index (χ0v) is 13.6. The van der Waals surface area contributed by atoms with Gasteiger partial charge in [0, 0.05) is 18.6 Å². The van der Waals surface area contributed by atoms with E-state index >= 15 is 0 Å². The molecule has 2 nitrogen and oxygen atoms in total. The minimum atomic E-state index is 0.141. The van der Waals surface area contributed by atoms with Gasteiger partial charge in [0.2, 0.25) is 0 Å². The van der Waals surface area contributed by atoms with Crippen LogP contribution in [0.15, 0.2) is 18.2 Å². The number of benzene rings is 1. The molecule has 19 heavy (non-hydrogen) atoms. The first-order chi connectivity index (χ1) is 8.68. The number of aryl methyl sites for hydroxylation is 1. The molecule has 1 rings (SSSR count). The highest BCUT2D eigenvalue weighted by atomic mass is 15.0. The Kier molecular flexibility index (Phi) is 5.17. The van der Waals surface area contributed by atoms with Crippen LogP contribution in [0.2, 0.25) is 0 Å². The zero-order valence-electron chi connectivity index (χ0n) is 13.6. The second-order valence-corrected chi connectivity index (χ2v) is 7.12. The molecule has 0 aliphatic carbocycles. The molecule has 2 N–H and O–H groups in total. The summed E-state index contributed by atoms with van der Waals surface area (Å²) in [6.45, 7) is 15.5. The molecular formula is C17H30N2. The van der Waals surface area contributed by atoms with Gasteiger partial charge in [0.05, 0.1) is 0 Å². The maximum atomic E-state index is 3.45. The van der Waals surface area contributed by atoms with Crippen LogP contribution in [-0.4, -0.2) is 20.3 Å². The van der Waals surface area contributed by atoms with Crippen molar-refractivity contribution in [2.24, 2.45) is 0 Å². The summed E-state index contributed by atoms with van der Waals surface area (Å²) in [5.41, 5.74) is 4.58. The van der Waals surface area contributed by atoms with E-state index in [4.69, 9.17) is 0 Å². The third kappa shape index (κ3) is 4.32. The lowest BCUT2D eigenvalue weighted by Crippen LogP contribution is -2.37. The van der Waals surface area contributed by atoms with Gasteiger partial charge in [0.25, 0.3) is 0 Å². The number of hydrogen-bond acceptors (Lipinski definition) is 2. The molecule has 0 aliphatic rings. The quantitative estimate of drug-likeness (QED) is 0.628. The predicted octanol–water partition coefficient (Wildman–Crippen LogP) is 3.34. The van der Waals surface area contributed by atoms with Crippen LogP contribution in [-0.2, 0) is 10.8 Å². The first-order valence-electron chi connectivity index (χ1n) is 7.15. The number of nitrogens with one attached hydrogen (secondary N) is 2. The average molecular weight is 262 g/mol. The first kappa shape index (κ1) is 16.2. The van der Waals surface area contributed by atoms with Crippen LogP contribution < -0.4 is 10.6 Å². The molecule has 108 valence electrons. The molecule has 0 radical (unpaired) electrons. The van der Waals surface area contributed by atoms with Crippen LogP contribution in [0.1, 0.15) is 51.3 Å². The SMILES string of the molecule is CNCNCC(C)(C)c1cc(C(C)(C)C)ccc1C. The van der Waals surface area contributed by atoms with E-state index in [9.17, 15) is 0 Å². The van der Waals surface area contributed by atoms with E-state index in [0.717, 1.165) is 13.2 Å². The standard InChI is InChI=1S/C17H30N2/c1-13-8-9-14(16(2,3)4)10-15(13)17(5,6)11-19-12-18-7/h8-10,18-19H,11-12H2,1-7H3. The molecule has 0 saturated carbocycles. The van der Waals surface area contributed by atoms with E-state index in [1.54, 1.807) is 0 Å².